The second-order valence-corrected chi connectivity index (χ2v) is 5.58. The highest BCUT2D eigenvalue weighted by Gasteiger charge is 2.19. The maximum absolute atomic E-state index is 11.8. The van der Waals surface area contributed by atoms with E-state index < -0.39 is 23.6 Å². The molecule has 2 N–H and O–H groups in total. The fourth-order valence-corrected chi connectivity index (χ4v) is 1.65. The van der Waals surface area contributed by atoms with Crippen LogP contribution in [0.3, 0.4) is 0 Å². The number of hydrogen-bond acceptors (Lipinski definition) is 4. The summed E-state index contributed by atoms with van der Waals surface area (Å²) in [5.74, 6) is -1.55. The molecule has 6 nitrogen and oxygen atoms in total. The maximum atomic E-state index is 11.8. The SMILES string of the molecule is CC(C)(C)OC(=O)c1ccc(CC(NC=O)C(=O)O)cc1. The molecule has 1 rings (SSSR count). The molecule has 1 atom stereocenters. The largest absolute Gasteiger partial charge is 0.480 e. The second kappa shape index (κ2) is 6.88. The zero-order valence-corrected chi connectivity index (χ0v) is 12.3. The van der Waals surface area contributed by atoms with Crippen molar-refractivity contribution >= 4 is 18.3 Å². The molecule has 1 unspecified atom stereocenters. The standard InChI is InChI=1S/C15H19NO5/c1-15(2,3)21-14(20)11-6-4-10(5-7-11)8-12(13(18)19)16-9-17/h4-7,9,12H,8H2,1-3H3,(H,16,17)(H,18,19). The van der Waals surface area contributed by atoms with Crippen molar-refractivity contribution < 1.29 is 24.2 Å². The first-order valence-corrected chi connectivity index (χ1v) is 6.47. The fourth-order valence-electron chi connectivity index (χ4n) is 1.65. The van der Waals surface area contributed by atoms with E-state index in [2.05, 4.69) is 5.32 Å². The van der Waals surface area contributed by atoms with E-state index in [-0.39, 0.29) is 6.42 Å². The Bertz CT molecular complexity index is 516. The third kappa shape index (κ3) is 5.64. The minimum absolute atomic E-state index is 0.142. The van der Waals surface area contributed by atoms with Crippen LogP contribution < -0.4 is 5.32 Å². The lowest BCUT2D eigenvalue weighted by atomic mass is 10.0. The third-order valence-corrected chi connectivity index (χ3v) is 2.60. The molecule has 0 spiro atoms. The van der Waals surface area contributed by atoms with Gasteiger partial charge < -0.3 is 15.2 Å². The Balaban J connectivity index is 2.75. The van der Waals surface area contributed by atoms with Gasteiger partial charge in [0.2, 0.25) is 6.41 Å². The van der Waals surface area contributed by atoms with Crippen molar-refractivity contribution in [2.45, 2.75) is 38.8 Å². The molecule has 114 valence electrons. The van der Waals surface area contributed by atoms with Gasteiger partial charge in [0.1, 0.15) is 11.6 Å². The number of benzene rings is 1. The van der Waals surface area contributed by atoms with Crippen LogP contribution in [0.25, 0.3) is 0 Å². The number of aliphatic carboxylic acids is 1. The van der Waals surface area contributed by atoms with Crippen molar-refractivity contribution in [1.29, 1.82) is 0 Å². The number of ether oxygens (including phenoxy) is 1. The summed E-state index contributed by atoms with van der Waals surface area (Å²) < 4.78 is 5.23. The topological polar surface area (TPSA) is 92.7 Å². The highest BCUT2D eigenvalue weighted by molar-refractivity contribution is 5.89. The number of hydrogen-bond donors (Lipinski definition) is 2. The molecule has 0 aliphatic carbocycles. The number of rotatable bonds is 6. The van der Waals surface area contributed by atoms with E-state index in [0.29, 0.717) is 17.5 Å². The first kappa shape index (κ1) is 16.7. The molecular formula is C15H19NO5. The van der Waals surface area contributed by atoms with Crippen molar-refractivity contribution in [2.75, 3.05) is 0 Å². The summed E-state index contributed by atoms with van der Waals surface area (Å²) in [6.45, 7) is 5.34. The summed E-state index contributed by atoms with van der Waals surface area (Å²) in [7, 11) is 0. The van der Waals surface area contributed by atoms with E-state index in [1.807, 2.05) is 0 Å². The fraction of sp³-hybridized carbons (Fsp3) is 0.400. The lowest BCUT2D eigenvalue weighted by Crippen LogP contribution is -2.37. The Morgan fingerprint density at radius 2 is 1.86 bits per heavy atom. The molecule has 1 aromatic carbocycles. The summed E-state index contributed by atoms with van der Waals surface area (Å²) in [4.78, 5) is 33.1. The molecule has 21 heavy (non-hydrogen) atoms. The number of esters is 1. The van der Waals surface area contributed by atoms with Crippen LogP contribution in [0.4, 0.5) is 0 Å². The molecule has 0 saturated carbocycles. The molecule has 0 aliphatic rings. The predicted octanol–water partition coefficient (Wildman–Crippen LogP) is 1.38. The molecule has 0 radical (unpaired) electrons. The zero-order chi connectivity index (χ0) is 16.0. The van der Waals surface area contributed by atoms with Gasteiger partial charge in [-0.1, -0.05) is 12.1 Å². The van der Waals surface area contributed by atoms with Crippen LogP contribution in [-0.2, 0) is 20.7 Å². The monoisotopic (exact) mass is 293 g/mol. The van der Waals surface area contributed by atoms with E-state index in [1.165, 1.54) is 0 Å². The predicted molar refractivity (Wildman–Crippen MR) is 75.9 cm³/mol. The molecule has 0 aliphatic heterocycles. The van der Waals surface area contributed by atoms with Crippen LogP contribution in [0.2, 0.25) is 0 Å². The Labute approximate surface area is 123 Å². The Kier molecular flexibility index (Phi) is 5.46. The molecule has 6 heteroatoms. The quantitative estimate of drug-likeness (QED) is 0.610. The van der Waals surface area contributed by atoms with Gasteiger partial charge in [0.15, 0.2) is 0 Å². The average Bonchev–Trinajstić information content (AvgIpc) is 2.36. The van der Waals surface area contributed by atoms with Gasteiger partial charge in [-0.15, -0.1) is 0 Å². The summed E-state index contributed by atoms with van der Waals surface area (Å²) in [6, 6.07) is 5.44. The van der Waals surface area contributed by atoms with Gasteiger partial charge in [-0.2, -0.15) is 0 Å². The molecule has 1 amide bonds. The van der Waals surface area contributed by atoms with Crippen molar-refractivity contribution in [2.24, 2.45) is 0 Å². The highest BCUT2D eigenvalue weighted by atomic mass is 16.6. The van der Waals surface area contributed by atoms with Gasteiger partial charge >= 0.3 is 11.9 Å². The average molecular weight is 293 g/mol. The van der Waals surface area contributed by atoms with Gasteiger partial charge in [0.05, 0.1) is 5.56 Å². The van der Waals surface area contributed by atoms with Crippen molar-refractivity contribution in [3.05, 3.63) is 35.4 Å². The van der Waals surface area contributed by atoms with Crippen LogP contribution in [-0.4, -0.2) is 35.1 Å². The lowest BCUT2D eigenvalue weighted by molar-refractivity contribution is -0.140. The van der Waals surface area contributed by atoms with Gasteiger partial charge in [-0.3, -0.25) is 4.79 Å². The zero-order valence-electron chi connectivity index (χ0n) is 12.3. The molecule has 0 bridgehead atoms. The van der Waals surface area contributed by atoms with E-state index in [0.717, 1.165) is 0 Å². The van der Waals surface area contributed by atoms with E-state index >= 15 is 0 Å². The normalized spacial score (nSPS) is 12.3. The number of carbonyl (C=O) groups is 3. The van der Waals surface area contributed by atoms with Gasteiger partial charge in [0, 0.05) is 6.42 Å². The first-order valence-electron chi connectivity index (χ1n) is 6.47. The van der Waals surface area contributed by atoms with Gasteiger partial charge in [-0.25, -0.2) is 9.59 Å². The number of carboxylic acid groups (broad SMARTS) is 1. The summed E-state index contributed by atoms with van der Waals surface area (Å²) >= 11 is 0. The minimum atomic E-state index is -1.11. The van der Waals surface area contributed by atoms with Crippen LogP contribution in [0.1, 0.15) is 36.7 Å². The van der Waals surface area contributed by atoms with Crippen molar-refractivity contribution in [3.8, 4) is 0 Å². The summed E-state index contributed by atoms with van der Waals surface area (Å²) in [6.07, 6.45) is 0.497. The van der Waals surface area contributed by atoms with E-state index in [9.17, 15) is 14.4 Å². The summed E-state index contributed by atoms with van der Waals surface area (Å²) in [5.41, 5.74) is 0.519. The minimum Gasteiger partial charge on any atom is -0.480 e. The first-order chi connectivity index (χ1) is 9.73. The molecular weight excluding hydrogens is 274 g/mol. The van der Waals surface area contributed by atoms with Crippen LogP contribution in [0, 0.1) is 0 Å². The van der Waals surface area contributed by atoms with Crippen molar-refractivity contribution in [3.63, 3.8) is 0 Å². The number of nitrogens with one attached hydrogen (secondary N) is 1. The third-order valence-electron chi connectivity index (χ3n) is 2.60. The Morgan fingerprint density at radius 1 is 1.29 bits per heavy atom. The maximum Gasteiger partial charge on any atom is 0.338 e. The Hall–Kier alpha value is -2.37. The second-order valence-electron chi connectivity index (χ2n) is 5.58. The Morgan fingerprint density at radius 3 is 2.29 bits per heavy atom. The van der Waals surface area contributed by atoms with E-state index in [1.54, 1.807) is 45.0 Å². The molecule has 0 heterocycles. The lowest BCUT2D eigenvalue weighted by Gasteiger charge is -2.19. The molecule has 0 aromatic heterocycles. The number of amides is 1. The van der Waals surface area contributed by atoms with Crippen molar-refractivity contribution in [1.82, 2.24) is 5.32 Å². The smallest absolute Gasteiger partial charge is 0.338 e. The van der Waals surface area contributed by atoms with Gasteiger partial charge in [0.25, 0.3) is 0 Å². The molecule has 0 fully saturated rings. The van der Waals surface area contributed by atoms with E-state index in [4.69, 9.17) is 9.84 Å². The van der Waals surface area contributed by atoms with Crippen LogP contribution >= 0.6 is 0 Å². The molecule has 0 saturated heterocycles. The number of carbonyl (C=O) groups excluding carboxylic acids is 2. The molecule has 1 aromatic rings. The van der Waals surface area contributed by atoms with Crippen LogP contribution in [0.5, 0.6) is 0 Å². The number of carboxylic acids is 1. The summed E-state index contributed by atoms with van der Waals surface area (Å²) in [5, 5.41) is 11.2. The van der Waals surface area contributed by atoms with Gasteiger partial charge in [-0.05, 0) is 38.5 Å². The highest BCUT2D eigenvalue weighted by Crippen LogP contribution is 2.13. The van der Waals surface area contributed by atoms with Crippen LogP contribution in [0.15, 0.2) is 24.3 Å².